The van der Waals surface area contributed by atoms with Crippen molar-refractivity contribution in [2.45, 2.75) is 19.9 Å². The number of methoxy groups -OCH3 is 1. The van der Waals surface area contributed by atoms with E-state index in [9.17, 15) is 0 Å². The van der Waals surface area contributed by atoms with Crippen molar-refractivity contribution in [1.82, 2.24) is 5.32 Å². The van der Waals surface area contributed by atoms with E-state index in [-0.39, 0.29) is 0 Å². The molecule has 0 aliphatic rings. The third kappa shape index (κ3) is 4.21. The minimum Gasteiger partial charge on any atom is -0.494 e. The van der Waals surface area contributed by atoms with Crippen LogP contribution in [0.1, 0.15) is 25.5 Å². The van der Waals surface area contributed by atoms with Gasteiger partial charge in [0.05, 0.1) is 13.2 Å². The Kier molecular flexibility index (Phi) is 5.90. The zero-order valence-electron chi connectivity index (χ0n) is 10.3. The second-order valence-electron chi connectivity index (χ2n) is 3.67. The molecule has 0 aromatic heterocycles. The van der Waals surface area contributed by atoms with Crippen LogP contribution in [0.25, 0.3) is 0 Å². The molecule has 0 aliphatic carbocycles. The van der Waals surface area contributed by atoms with Crippen molar-refractivity contribution in [2.75, 3.05) is 26.9 Å². The monoisotopic (exact) mass is 223 g/mol. The van der Waals surface area contributed by atoms with Crippen LogP contribution in [-0.2, 0) is 4.74 Å². The number of nitrogens with one attached hydrogen (secondary N) is 1. The van der Waals surface area contributed by atoms with E-state index in [2.05, 4.69) is 24.4 Å². The summed E-state index contributed by atoms with van der Waals surface area (Å²) in [4.78, 5) is 0. The second kappa shape index (κ2) is 7.25. The molecule has 3 heteroatoms. The quantitative estimate of drug-likeness (QED) is 0.720. The van der Waals surface area contributed by atoms with Crippen molar-refractivity contribution >= 4 is 0 Å². The molecular formula is C13H21NO2. The largest absolute Gasteiger partial charge is 0.494 e. The van der Waals surface area contributed by atoms with Crippen LogP contribution >= 0.6 is 0 Å². The van der Waals surface area contributed by atoms with Crippen molar-refractivity contribution in [2.24, 2.45) is 0 Å². The lowest BCUT2D eigenvalue weighted by molar-refractivity contribution is 0.196. The van der Waals surface area contributed by atoms with Crippen molar-refractivity contribution in [1.29, 1.82) is 0 Å². The minimum atomic E-state index is 0.339. The molecular weight excluding hydrogens is 202 g/mol. The molecule has 3 nitrogen and oxygen atoms in total. The summed E-state index contributed by atoms with van der Waals surface area (Å²) >= 11 is 0. The summed E-state index contributed by atoms with van der Waals surface area (Å²) in [6.45, 7) is 6.45. The molecule has 0 aliphatic heterocycles. The van der Waals surface area contributed by atoms with Gasteiger partial charge in [-0.25, -0.2) is 0 Å². The maximum Gasteiger partial charge on any atom is 0.119 e. The molecule has 0 amide bonds. The average Bonchev–Trinajstić information content (AvgIpc) is 2.30. The van der Waals surface area contributed by atoms with Crippen molar-refractivity contribution in [3.8, 4) is 5.75 Å². The highest BCUT2D eigenvalue weighted by molar-refractivity contribution is 5.28. The minimum absolute atomic E-state index is 0.339. The third-order valence-corrected chi connectivity index (χ3v) is 2.45. The summed E-state index contributed by atoms with van der Waals surface area (Å²) in [6.07, 6.45) is 0. The van der Waals surface area contributed by atoms with E-state index in [0.29, 0.717) is 12.6 Å². The zero-order valence-corrected chi connectivity index (χ0v) is 10.3. The van der Waals surface area contributed by atoms with Crippen LogP contribution < -0.4 is 10.1 Å². The standard InChI is InChI=1S/C13H21NO2/c1-4-16-13-7-5-12(6-8-13)11(2)14-9-10-15-3/h5-8,11,14H,4,9-10H2,1-3H3. The average molecular weight is 223 g/mol. The van der Waals surface area contributed by atoms with Crippen LogP contribution in [0.5, 0.6) is 5.75 Å². The van der Waals surface area contributed by atoms with Gasteiger partial charge >= 0.3 is 0 Å². The van der Waals surface area contributed by atoms with E-state index in [0.717, 1.165) is 18.9 Å². The molecule has 1 unspecified atom stereocenters. The van der Waals surface area contributed by atoms with Gasteiger partial charge in [0.1, 0.15) is 5.75 Å². The summed E-state index contributed by atoms with van der Waals surface area (Å²) < 4.78 is 10.4. The Hall–Kier alpha value is -1.06. The highest BCUT2D eigenvalue weighted by atomic mass is 16.5. The molecule has 0 radical (unpaired) electrons. The lowest BCUT2D eigenvalue weighted by Gasteiger charge is -2.14. The normalized spacial score (nSPS) is 12.4. The fourth-order valence-electron chi connectivity index (χ4n) is 1.51. The molecule has 1 aromatic rings. The Bertz CT molecular complexity index is 284. The first-order valence-electron chi connectivity index (χ1n) is 5.73. The summed E-state index contributed by atoms with van der Waals surface area (Å²) in [5.41, 5.74) is 1.26. The first-order chi connectivity index (χ1) is 7.77. The predicted molar refractivity (Wildman–Crippen MR) is 65.9 cm³/mol. The number of rotatable bonds is 7. The molecule has 1 N–H and O–H groups in total. The lowest BCUT2D eigenvalue weighted by Crippen LogP contribution is -2.22. The molecule has 0 saturated carbocycles. The summed E-state index contributed by atoms with van der Waals surface area (Å²) in [7, 11) is 1.71. The summed E-state index contributed by atoms with van der Waals surface area (Å²) in [5, 5.41) is 3.39. The van der Waals surface area contributed by atoms with Gasteiger partial charge < -0.3 is 14.8 Å². The van der Waals surface area contributed by atoms with Gasteiger partial charge in [-0.3, -0.25) is 0 Å². The third-order valence-electron chi connectivity index (χ3n) is 2.45. The Morgan fingerprint density at radius 2 is 1.94 bits per heavy atom. The van der Waals surface area contributed by atoms with Gasteiger partial charge in [-0.2, -0.15) is 0 Å². The summed E-state index contributed by atoms with van der Waals surface area (Å²) in [6, 6.07) is 8.54. The molecule has 1 aromatic carbocycles. The Morgan fingerprint density at radius 1 is 1.25 bits per heavy atom. The molecule has 0 spiro atoms. The van der Waals surface area contributed by atoms with E-state index < -0.39 is 0 Å². The smallest absolute Gasteiger partial charge is 0.119 e. The van der Waals surface area contributed by atoms with E-state index >= 15 is 0 Å². The lowest BCUT2D eigenvalue weighted by atomic mass is 10.1. The van der Waals surface area contributed by atoms with Crippen molar-refractivity contribution in [3.63, 3.8) is 0 Å². The topological polar surface area (TPSA) is 30.5 Å². The highest BCUT2D eigenvalue weighted by Crippen LogP contribution is 2.17. The molecule has 1 rings (SSSR count). The predicted octanol–water partition coefficient (Wildman–Crippen LogP) is 2.38. The van der Waals surface area contributed by atoms with E-state index in [1.165, 1.54) is 5.56 Å². The van der Waals surface area contributed by atoms with Crippen LogP contribution in [0.15, 0.2) is 24.3 Å². The number of ether oxygens (including phenoxy) is 2. The van der Waals surface area contributed by atoms with Gasteiger partial charge in [-0.05, 0) is 31.5 Å². The zero-order chi connectivity index (χ0) is 11.8. The molecule has 16 heavy (non-hydrogen) atoms. The second-order valence-corrected chi connectivity index (χ2v) is 3.67. The van der Waals surface area contributed by atoms with Gasteiger partial charge in [0.25, 0.3) is 0 Å². The Morgan fingerprint density at radius 3 is 2.50 bits per heavy atom. The molecule has 1 atom stereocenters. The fraction of sp³-hybridized carbons (Fsp3) is 0.538. The van der Waals surface area contributed by atoms with E-state index in [4.69, 9.17) is 9.47 Å². The number of hydrogen-bond donors (Lipinski definition) is 1. The highest BCUT2D eigenvalue weighted by Gasteiger charge is 2.03. The van der Waals surface area contributed by atoms with Gasteiger partial charge in [0, 0.05) is 19.7 Å². The first-order valence-corrected chi connectivity index (χ1v) is 5.73. The Labute approximate surface area is 97.8 Å². The van der Waals surface area contributed by atoms with Gasteiger partial charge in [0.2, 0.25) is 0 Å². The van der Waals surface area contributed by atoms with Gasteiger partial charge in [0.15, 0.2) is 0 Å². The fourth-order valence-corrected chi connectivity index (χ4v) is 1.51. The SMILES string of the molecule is CCOc1ccc(C(C)NCCOC)cc1. The molecule has 0 heterocycles. The van der Waals surface area contributed by atoms with Gasteiger partial charge in [-0.15, -0.1) is 0 Å². The Balaban J connectivity index is 2.46. The van der Waals surface area contributed by atoms with Crippen LogP contribution in [0.4, 0.5) is 0 Å². The van der Waals surface area contributed by atoms with Crippen molar-refractivity contribution in [3.05, 3.63) is 29.8 Å². The van der Waals surface area contributed by atoms with Crippen LogP contribution in [-0.4, -0.2) is 26.9 Å². The van der Waals surface area contributed by atoms with Crippen LogP contribution in [0.2, 0.25) is 0 Å². The van der Waals surface area contributed by atoms with Gasteiger partial charge in [-0.1, -0.05) is 12.1 Å². The maximum atomic E-state index is 5.40. The molecule has 0 fully saturated rings. The van der Waals surface area contributed by atoms with E-state index in [1.807, 2.05) is 19.1 Å². The van der Waals surface area contributed by atoms with Crippen LogP contribution in [0.3, 0.4) is 0 Å². The molecule has 0 bridgehead atoms. The van der Waals surface area contributed by atoms with Crippen molar-refractivity contribution < 1.29 is 9.47 Å². The molecule has 90 valence electrons. The summed E-state index contributed by atoms with van der Waals surface area (Å²) in [5.74, 6) is 0.926. The molecule has 0 saturated heterocycles. The first kappa shape index (κ1) is 13.0. The number of benzene rings is 1. The van der Waals surface area contributed by atoms with Crippen LogP contribution in [0, 0.1) is 0 Å². The maximum absolute atomic E-state index is 5.40. The van der Waals surface area contributed by atoms with E-state index in [1.54, 1.807) is 7.11 Å². The number of hydrogen-bond acceptors (Lipinski definition) is 3.